The Labute approximate surface area is 169 Å². The normalized spacial score (nSPS) is 11.2. The van der Waals surface area contributed by atoms with Gasteiger partial charge in [0.05, 0.1) is 10.9 Å². The number of unbranched alkanes of at least 4 members (excludes halogenated alkanes) is 1. The van der Waals surface area contributed by atoms with Gasteiger partial charge in [-0.15, -0.1) is 10.2 Å². The lowest BCUT2D eigenvalue weighted by Crippen LogP contribution is -2.32. The molecule has 10 heteroatoms. The Morgan fingerprint density at radius 3 is 2.86 bits per heavy atom. The van der Waals surface area contributed by atoms with Crippen molar-refractivity contribution < 1.29 is 4.79 Å². The number of nitrogens with zero attached hydrogens (tertiary/aromatic N) is 5. The number of aryl methyl sites for hydroxylation is 2. The number of anilines is 1. The molecule has 4 heterocycles. The fourth-order valence-corrected chi connectivity index (χ4v) is 3.69. The van der Waals surface area contributed by atoms with Gasteiger partial charge in [0.1, 0.15) is 21.8 Å². The molecule has 0 aliphatic heterocycles. The van der Waals surface area contributed by atoms with Gasteiger partial charge in [0.25, 0.3) is 11.5 Å². The monoisotopic (exact) mass is 409 g/mol. The number of hydrogen-bond acceptors (Lipinski definition) is 7. The molecule has 0 spiro atoms. The second-order valence-electron chi connectivity index (χ2n) is 6.58. The van der Waals surface area contributed by atoms with Crippen molar-refractivity contribution in [2.24, 2.45) is 0 Å². The molecule has 9 nitrogen and oxygen atoms in total. The van der Waals surface area contributed by atoms with Crippen LogP contribution in [0.1, 0.15) is 35.1 Å². The lowest BCUT2D eigenvalue weighted by molar-refractivity contribution is 0.102. The number of carbonyl (C=O) groups excluding carboxylic acids is 1. The first-order valence-corrected chi connectivity index (χ1v) is 10.0. The molecule has 1 amide bonds. The molecule has 0 radical (unpaired) electrons. The van der Waals surface area contributed by atoms with Gasteiger partial charge in [0.2, 0.25) is 5.13 Å². The van der Waals surface area contributed by atoms with Crippen molar-refractivity contribution in [2.45, 2.75) is 33.2 Å². The largest absolute Gasteiger partial charge is 0.310 e. The van der Waals surface area contributed by atoms with Gasteiger partial charge < -0.3 is 4.57 Å². The summed E-state index contributed by atoms with van der Waals surface area (Å²) in [6.45, 7) is 4.31. The van der Waals surface area contributed by atoms with E-state index in [1.54, 1.807) is 35.9 Å². The van der Waals surface area contributed by atoms with Crippen LogP contribution in [0.4, 0.5) is 5.13 Å². The van der Waals surface area contributed by atoms with E-state index < -0.39 is 5.91 Å². The molecule has 2 N–H and O–H groups in total. The third-order valence-electron chi connectivity index (χ3n) is 4.54. The van der Waals surface area contributed by atoms with Crippen LogP contribution in [0.5, 0.6) is 0 Å². The lowest BCUT2D eigenvalue weighted by atomic mass is 10.2. The van der Waals surface area contributed by atoms with Crippen LogP contribution in [-0.4, -0.2) is 30.1 Å². The van der Waals surface area contributed by atoms with Gasteiger partial charge >= 0.3 is 0 Å². The van der Waals surface area contributed by atoms with Crippen LogP contribution in [-0.2, 0) is 6.54 Å². The number of amides is 1. The van der Waals surface area contributed by atoms with Gasteiger partial charge in [-0.2, -0.15) is 0 Å². The number of nitrogens with one attached hydrogen (secondary N) is 2. The van der Waals surface area contributed by atoms with Crippen LogP contribution >= 0.6 is 11.3 Å². The zero-order chi connectivity index (χ0) is 20.5. The second kappa shape index (κ2) is 7.55. The zero-order valence-corrected chi connectivity index (χ0v) is 16.8. The fourth-order valence-electron chi connectivity index (χ4n) is 3.11. The summed E-state index contributed by atoms with van der Waals surface area (Å²) in [5.41, 5.74) is 0.726. The van der Waals surface area contributed by atoms with E-state index in [0.29, 0.717) is 28.4 Å². The van der Waals surface area contributed by atoms with Gasteiger partial charge in [0.15, 0.2) is 0 Å². The summed E-state index contributed by atoms with van der Waals surface area (Å²) >= 11 is 1.24. The smallest absolute Gasteiger partial charge is 0.267 e. The van der Waals surface area contributed by atoms with E-state index >= 15 is 0 Å². The van der Waals surface area contributed by atoms with Crippen LogP contribution < -0.4 is 16.4 Å². The fraction of sp³-hybridized carbons (Fsp3) is 0.263. The Bertz CT molecular complexity index is 1350. The van der Waals surface area contributed by atoms with Crippen LogP contribution in [0.25, 0.3) is 16.7 Å². The maximum atomic E-state index is 13.1. The first-order valence-electron chi connectivity index (χ1n) is 9.20. The van der Waals surface area contributed by atoms with Crippen LogP contribution in [0.15, 0.2) is 35.3 Å². The number of rotatable bonds is 5. The third kappa shape index (κ3) is 3.42. The molecule has 4 aromatic rings. The minimum absolute atomic E-state index is 0.0110. The van der Waals surface area contributed by atoms with Crippen molar-refractivity contribution in [3.63, 3.8) is 0 Å². The Kier molecular flexibility index (Phi) is 4.93. The number of aromatic nitrogens is 5. The molecule has 0 saturated carbocycles. The third-order valence-corrected chi connectivity index (χ3v) is 5.30. The SMILES string of the molecule is CCCCn1c(=N)c(C(=O)Nc2nnc(C)s2)cc2c(=O)n3ccccc3nc21. The van der Waals surface area contributed by atoms with Gasteiger partial charge in [-0.1, -0.05) is 30.7 Å². The summed E-state index contributed by atoms with van der Waals surface area (Å²) in [5, 5.41) is 20.4. The maximum absolute atomic E-state index is 13.1. The Balaban J connectivity index is 1.95. The van der Waals surface area contributed by atoms with E-state index in [9.17, 15) is 9.59 Å². The quantitative estimate of drug-likeness (QED) is 0.491. The standard InChI is InChI=1S/C19H19N7O2S/c1-3-4-8-26-15(20)12(17(27)22-19-24-23-11(2)29-19)10-13-16(26)21-14-7-5-6-9-25(14)18(13)28/h5-7,9-10,20H,3-4,8H2,1-2H3,(H,22,24,27). The molecule has 0 bridgehead atoms. The molecule has 0 fully saturated rings. The highest BCUT2D eigenvalue weighted by atomic mass is 32.1. The summed E-state index contributed by atoms with van der Waals surface area (Å²) in [6.07, 6.45) is 3.34. The summed E-state index contributed by atoms with van der Waals surface area (Å²) in [7, 11) is 0. The highest BCUT2D eigenvalue weighted by Crippen LogP contribution is 2.16. The summed E-state index contributed by atoms with van der Waals surface area (Å²) in [6, 6.07) is 6.74. The molecule has 4 aromatic heterocycles. The second-order valence-corrected chi connectivity index (χ2v) is 7.76. The Hall–Kier alpha value is -3.40. The number of fused-ring (bicyclic) bond motifs is 2. The highest BCUT2D eigenvalue weighted by Gasteiger charge is 2.18. The highest BCUT2D eigenvalue weighted by molar-refractivity contribution is 7.15. The molecular formula is C19H19N7O2S. The van der Waals surface area contributed by atoms with E-state index in [1.807, 2.05) is 6.92 Å². The minimum Gasteiger partial charge on any atom is -0.310 e. The summed E-state index contributed by atoms with van der Waals surface area (Å²) < 4.78 is 3.07. The van der Waals surface area contributed by atoms with Crippen molar-refractivity contribution in [1.29, 1.82) is 5.41 Å². The maximum Gasteiger partial charge on any atom is 0.267 e. The Morgan fingerprint density at radius 1 is 1.31 bits per heavy atom. The first kappa shape index (κ1) is 18.9. The summed E-state index contributed by atoms with van der Waals surface area (Å²) in [5.74, 6) is -0.504. The molecule has 4 rings (SSSR count). The van der Waals surface area contributed by atoms with Crippen molar-refractivity contribution >= 4 is 39.1 Å². The van der Waals surface area contributed by atoms with E-state index in [0.717, 1.165) is 17.8 Å². The van der Waals surface area contributed by atoms with Crippen molar-refractivity contribution in [2.75, 3.05) is 5.32 Å². The molecule has 0 aliphatic carbocycles. The average molecular weight is 409 g/mol. The van der Waals surface area contributed by atoms with E-state index in [2.05, 4.69) is 20.5 Å². The van der Waals surface area contributed by atoms with E-state index in [4.69, 9.17) is 5.41 Å². The van der Waals surface area contributed by atoms with E-state index in [1.165, 1.54) is 21.8 Å². The van der Waals surface area contributed by atoms with Gasteiger partial charge in [-0.25, -0.2) is 4.98 Å². The average Bonchev–Trinajstić information content (AvgIpc) is 3.12. The first-order chi connectivity index (χ1) is 14.0. The van der Waals surface area contributed by atoms with Crippen molar-refractivity contribution in [1.82, 2.24) is 24.1 Å². The molecule has 148 valence electrons. The molecule has 29 heavy (non-hydrogen) atoms. The van der Waals surface area contributed by atoms with Crippen molar-refractivity contribution in [3.05, 3.63) is 56.9 Å². The molecular weight excluding hydrogens is 390 g/mol. The van der Waals surface area contributed by atoms with Gasteiger partial charge in [-0.3, -0.25) is 24.7 Å². The van der Waals surface area contributed by atoms with Crippen LogP contribution in [0, 0.1) is 12.3 Å². The number of hydrogen-bond donors (Lipinski definition) is 2. The Morgan fingerprint density at radius 2 is 2.14 bits per heavy atom. The van der Waals surface area contributed by atoms with Crippen LogP contribution in [0.2, 0.25) is 0 Å². The molecule has 0 atom stereocenters. The zero-order valence-electron chi connectivity index (χ0n) is 16.0. The molecule has 0 aliphatic rings. The van der Waals surface area contributed by atoms with Crippen LogP contribution in [0.3, 0.4) is 0 Å². The minimum atomic E-state index is -0.504. The summed E-state index contributed by atoms with van der Waals surface area (Å²) in [4.78, 5) is 30.5. The predicted molar refractivity (Wildman–Crippen MR) is 110 cm³/mol. The predicted octanol–water partition coefficient (Wildman–Crippen LogP) is 2.34. The van der Waals surface area contributed by atoms with Crippen molar-refractivity contribution in [3.8, 4) is 0 Å². The molecule has 0 aromatic carbocycles. The van der Waals surface area contributed by atoms with Gasteiger partial charge in [0, 0.05) is 12.7 Å². The topological polar surface area (TPSA) is 118 Å². The molecule has 0 unspecified atom stereocenters. The number of pyridine rings is 2. The number of carbonyl (C=O) groups is 1. The van der Waals surface area contributed by atoms with E-state index in [-0.39, 0.29) is 16.6 Å². The lowest BCUT2D eigenvalue weighted by Gasteiger charge is -2.14. The van der Waals surface area contributed by atoms with Gasteiger partial charge in [-0.05, 0) is 31.5 Å². The molecule has 0 saturated heterocycles.